The number of nitrogens with zero attached hydrogens (tertiary/aromatic N) is 3. The number of aromatic nitrogens is 2. The number of benzene rings is 2. The first-order chi connectivity index (χ1) is 15.3. The van der Waals surface area contributed by atoms with E-state index in [0.717, 1.165) is 46.5 Å². The zero-order valence-corrected chi connectivity index (χ0v) is 19.9. The number of rotatable bonds is 4. The fraction of sp³-hybridized carbons (Fsp3) is 0.385. The predicted molar refractivity (Wildman–Crippen MR) is 127 cm³/mol. The van der Waals surface area contributed by atoms with Gasteiger partial charge in [0, 0.05) is 24.7 Å². The first-order valence-corrected chi connectivity index (χ1v) is 11.0. The molecule has 1 aliphatic heterocycles. The molecule has 6 heteroatoms. The van der Waals surface area contributed by atoms with Gasteiger partial charge in [0.1, 0.15) is 5.49 Å². The summed E-state index contributed by atoms with van der Waals surface area (Å²) in [5.41, 5.74) is 7.88. The zero-order chi connectivity index (χ0) is 23.2. The van der Waals surface area contributed by atoms with Crippen molar-refractivity contribution in [2.24, 2.45) is 12.0 Å². The van der Waals surface area contributed by atoms with Crippen LogP contribution in [0.5, 0.6) is 11.5 Å². The molecule has 0 aliphatic carbocycles. The summed E-state index contributed by atoms with van der Waals surface area (Å²) < 4.78 is 14.6. The summed E-state index contributed by atoms with van der Waals surface area (Å²) in [6.45, 7) is 8.32. The van der Waals surface area contributed by atoms with Gasteiger partial charge in [-0.25, -0.2) is 9.79 Å². The molecule has 168 valence electrons. The molecule has 0 N–H and O–H groups in total. The van der Waals surface area contributed by atoms with E-state index in [0.29, 0.717) is 17.0 Å². The molecule has 32 heavy (non-hydrogen) atoms. The number of hydrogen-bond donors (Lipinski definition) is 0. The van der Waals surface area contributed by atoms with Crippen molar-refractivity contribution in [3.63, 3.8) is 0 Å². The van der Waals surface area contributed by atoms with Crippen LogP contribution in [0.2, 0.25) is 0 Å². The average Bonchev–Trinajstić information content (AvgIpc) is 2.77. The van der Waals surface area contributed by atoms with Crippen molar-refractivity contribution in [1.82, 2.24) is 9.13 Å². The summed E-state index contributed by atoms with van der Waals surface area (Å²) in [4.78, 5) is 18.5. The molecule has 1 aliphatic rings. The van der Waals surface area contributed by atoms with Crippen molar-refractivity contribution in [2.75, 3.05) is 14.2 Å². The molecule has 0 saturated heterocycles. The van der Waals surface area contributed by atoms with Crippen LogP contribution >= 0.6 is 0 Å². The third-order valence-electron chi connectivity index (χ3n) is 6.40. The maximum Gasteiger partial charge on any atom is 0.330 e. The van der Waals surface area contributed by atoms with Crippen molar-refractivity contribution < 1.29 is 9.47 Å². The Morgan fingerprint density at radius 3 is 2.22 bits per heavy atom. The van der Waals surface area contributed by atoms with Crippen molar-refractivity contribution in [3.8, 4) is 22.8 Å². The normalized spacial score (nSPS) is 15.3. The summed E-state index contributed by atoms with van der Waals surface area (Å²) >= 11 is 0. The second-order valence-corrected chi connectivity index (χ2v) is 8.59. The maximum absolute atomic E-state index is 13.5. The van der Waals surface area contributed by atoms with Gasteiger partial charge < -0.3 is 9.47 Å². The van der Waals surface area contributed by atoms with E-state index in [2.05, 4.69) is 39.8 Å². The second kappa shape index (κ2) is 8.34. The third kappa shape index (κ3) is 3.53. The van der Waals surface area contributed by atoms with Crippen LogP contribution in [0.3, 0.4) is 0 Å². The van der Waals surface area contributed by atoms with Gasteiger partial charge in [0.25, 0.3) is 0 Å². The fourth-order valence-corrected chi connectivity index (χ4v) is 4.78. The number of fused-ring (bicyclic) bond motifs is 3. The first-order valence-electron chi connectivity index (χ1n) is 11.0. The Morgan fingerprint density at radius 2 is 1.62 bits per heavy atom. The van der Waals surface area contributed by atoms with Gasteiger partial charge in [-0.05, 0) is 62.4 Å². The number of hydrogen-bond acceptors (Lipinski definition) is 4. The zero-order valence-electron chi connectivity index (χ0n) is 19.9. The molecule has 2 aromatic carbocycles. The molecule has 0 spiro atoms. The summed E-state index contributed by atoms with van der Waals surface area (Å²) in [5.74, 6) is 1.35. The number of aryl methyl sites for hydroxylation is 3. The van der Waals surface area contributed by atoms with Crippen LogP contribution in [0.4, 0.5) is 5.69 Å². The van der Waals surface area contributed by atoms with Crippen LogP contribution in [0.25, 0.3) is 11.3 Å². The summed E-state index contributed by atoms with van der Waals surface area (Å²) in [6.07, 6.45) is 1.62. The highest BCUT2D eigenvalue weighted by Gasteiger charge is 2.27. The van der Waals surface area contributed by atoms with Crippen molar-refractivity contribution in [2.45, 2.75) is 46.6 Å². The van der Waals surface area contributed by atoms with Crippen LogP contribution in [0, 0.1) is 20.8 Å². The molecule has 0 amide bonds. The fourth-order valence-electron chi connectivity index (χ4n) is 4.78. The highest BCUT2D eigenvalue weighted by atomic mass is 16.5. The molecule has 0 bridgehead atoms. The number of ether oxygens (including phenoxy) is 2. The molecule has 2 heterocycles. The van der Waals surface area contributed by atoms with E-state index in [1.807, 2.05) is 22.8 Å². The Kier molecular flexibility index (Phi) is 5.71. The van der Waals surface area contributed by atoms with Crippen LogP contribution in [-0.2, 0) is 13.5 Å². The van der Waals surface area contributed by atoms with Crippen molar-refractivity contribution in [1.29, 1.82) is 0 Å². The molecule has 3 aromatic rings. The summed E-state index contributed by atoms with van der Waals surface area (Å²) in [5, 5.41) is 0. The van der Waals surface area contributed by atoms with Gasteiger partial charge in [-0.2, -0.15) is 0 Å². The van der Waals surface area contributed by atoms with E-state index in [9.17, 15) is 4.79 Å². The Morgan fingerprint density at radius 1 is 1.00 bits per heavy atom. The third-order valence-corrected chi connectivity index (χ3v) is 6.40. The maximum atomic E-state index is 13.5. The quantitative estimate of drug-likeness (QED) is 0.607. The Balaban J connectivity index is 2.05. The minimum absolute atomic E-state index is 0.0593. The molecular weight excluding hydrogens is 402 g/mol. The Labute approximate surface area is 188 Å². The van der Waals surface area contributed by atoms with Crippen LogP contribution < -0.4 is 20.7 Å². The highest BCUT2D eigenvalue weighted by molar-refractivity contribution is 5.70. The molecule has 1 unspecified atom stereocenters. The lowest BCUT2D eigenvalue weighted by Crippen LogP contribution is -2.42. The Bertz CT molecular complexity index is 1310. The highest BCUT2D eigenvalue weighted by Crippen LogP contribution is 2.40. The smallest absolute Gasteiger partial charge is 0.330 e. The van der Waals surface area contributed by atoms with E-state index < -0.39 is 0 Å². The molecule has 1 atom stereocenters. The van der Waals surface area contributed by atoms with Gasteiger partial charge in [0.2, 0.25) is 0 Å². The molecule has 4 rings (SSSR count). The summed E-state index contributed by atoms with van der Waals surface area (Å²) in [7, 11) is 5.07. The Hall–Kier alpha value is -3.28. The molecule has 1 aromatic heterocycles. The number of methoxy groups -OCH3 is 2. The van der Waals surface area contributed by atoms with Gasteiger partial charge in [-0.3, -0.25) is 9.13 Å². The van der Waals surface area contributed by atoms with Crippen LogP contribution in [0.15, 0.2) is 40.1 Å². The molecular formula is C26H31N3O3. The van der Waals surface area contributed by atoms with Gasteiger partial charge in [0.15, 0.2) is 11.5 Å². The lowest BCUT2D eigenvalue weighted by atomic mass is 9.91. The molecule has 0 saturated carbocycles. The lowest BCUT2D eigenvalue weighted by molar-refractivity contribution is 0.353. The van der Waals surface area contributed by atoms with Gasteiger partial charge in [-0.15, -0.1) is 0 Å². The van der Waals surface area contributed by atoms with E-state index in [1.54, 1.807) is 25.8 Å². The van der Waals surface area contributed by atoms with Crippen molar-refractivity contribution in [3.05, 3.63) is 68.6 Å². The molecule has 0 fully saturated rings. The topological polar surface area (TPSA) is 57.8 Å². The largest absolute Gasteiger partial charge is 0.493 e. The SMILES string of the molecule is CCC1Cc2cc(OC)c(OC)cc2-c2cc(=Nc3c(C)cc(C)cc3C)n(C)c(=O)n21. The van der Waals surface area contributed by atoms with E-state index in [4.69, 9.17) is 14.5 Å². The minimum atomic E-state index is -0.0593. The van der Waals surface area contributed by atoms with Crippen molar-refractivity contribution >= 4 is 5.69 Å². The minimum Gasteiger partial charge on any atom is -0.493 e. The summed E-state index contributed by atoms with van der Waals surface area (Å²) in [6, 6.07) is 10.3. The second-order valence-electron chi connectivity index (χ2n) is 8.59. The van der Waals surface area contributed by atoms with Gasteiger partial charge in [0.05, 0.1) is 25.6 Å². The van der Waals surface area contributed by atoms with E-state index in [1.165, 1.54) is 5.56 Å². The molecule has 6 nitrogen and oxygen atoms in total. The van der Waals surface area contributed by atoms with Crippen LogP contribution in [-0.4, -0.2) is 23.4 Å². The average molecular weight is 434 g/mol. The van der Waals surface area contributed by atoms with Gasteiger partial charge >= 0.3 is 5.69 Å². The van der Waals surface area contributed by atoms with E-state index >= 15 is 0 Å². The van der Waals surface area contributed by atoms with Crippen LogP contribution in [0.1, 0.15) is 41.6 Å². The standard InChI is InChI=1S/C26H31N3O3/c1-8-19-11-18-12-22(31-6)23(32-7)13-20(18)21-14-24(28(5)26(30)29(19)21)27-25-16(3)9-15(2)10-17(25)4/h9-10,12-14,19H,8,11H2,1-7H3. The first kappa shape index (κ1) is 21.9. The van der Waals surface area contributed by atoms with E-state index in [-0.39, 0.29) is 11.7 Å². The molecule has 0 radical (unpaired) electrons. The lowest BCUT2D eigenvalue weighted by Gasteiger charge is -2.30. The van der Waals surface area contributed by atoms with Gasteiger partial charge in [-0.1, -0.05) is 24.6 Å². The predicted octanol–water partition coefficient (Wildman–Crippen LogP) is 4.54. The monoisotopic (exact) mass is 433 g/mol.